The Bertz CT molecular complexity index is 3620. The fourth-order valence-corrected chi connectivity index (χ4v) is 9.12. The van der Waals surface area contributed by atoms with Crippen molar-refractivity contribution >= 4 is 71.2 Å². The lowest BCUT2D eigenvalue weighted by Crippen LogP contribution is -1.97. The van der Waals surface area contributed by atoms with Gasteiger partial charge in [-0.2, -0.15) is 0 Å². The molecule has 8 aromatic carbocycles. The van der Waals surface area contributed by atoms with E-state index in [1.54, 1.807) is 0 Å². The highest BCUT2D eigenvalue weighted by atomic mass is 16.3. The van der Waals surface area contributed by atoms with Gasteiger partial charge in [-0.15, -0.1) is 5.10 Å². The van der Waals surface area contributed by atoms with Crippen LogP contribution in [0.1, 0.15) is 0 Å². The van der Waals surface area contributed by atoms with Crippen LogP contribution in [-0.4, -0.2) is 24.1 Å². The highest BCUT2D eigenvalue weighted by molar-refractivity contribution is 6.30. The number of para-hydroxylation sites is 3. The Morgan fingerprint density at radius 2 is 1.18 bits per heavy atom. The van der Waals surface area contributed by atoms with Crippen LogP contribution >= 0.6 is 0 Å². The van der Waals surface area contributed by atoms with Gasteiger partial charge in [-0.25, -0.2) is 14.5 Å². The van der Waals surface area contributed by atoms with Crippen LogP contribution in [0, 0.1) is 0 Å². The average molecular weight is 702 g/mol. The molecule has 0 saturated heterocycles. The van der Waals surface area contributed by atoms with E-state index in [1.807, 2.05) is 47.0 Å². The van der Waals surface area contributed by atoms with E-state index < -0.39 is 0 Å². The number of hydrogen-bond donors (Lipinski definition) is 0. The van der Waals surface area contributed by atoms with Gasteiger partial charge in [-0.1, -0.05) is 103 Å². The molecule has 0 atom stereocenters. The predicted octanol–water partition coefficient (Wildman–Crippen LogP) is 12.4. The number of hydrogen-bond acceptors (Lipinski definition) is 4. The molecule has 12 aromatic rings. The fourth-order valence-electron chi connectivity index (χ4n) is 9.12. The molecule has 0 saturated carbocycles. The van der Waals surface area contributed by atoms with Crippen molar-refractivity contribution in [2.24, 2.45) is 0 Å². The molecule has 0 fully saturated rings. The van der Waals surface area contributed by atoms with Crippen LogP contribution in [0.15, 0.2) is 168 Å². The number of aromatic nitrogens is 5. The molecule has 4 aromatic heterocycles. The maximum Gasteiger partial charge on any atom is 0.182 e. The second kappa shape index (κ2) is 10.5. The molecule has 6 heteroatoms. The first-order valence-electron chi connectivity index (χ1n) is 18.5. The van der Waals surface area contributed by atoms with E-state index in [9.17, 15) is 0 Å². The van der Waals surface area contributed by atoms with E-state index in [2.05, 4.69) is 126 Å². The maximum absolute atomic E-state index is 6.15. The zero-order chi connectivity index (χ0) is 35.8. The third-order valence-corrected chi connectivity index (χ3v) is 11.5. The summed E-state index contributed by atoms with van der Waals surface area (Å²) in [5, 5.41) is 12.4. The number of benzene rings is 8. The summed E-state index contributed by atoms with van der Waals surface area (Å²) in [4.78, 5) is 10.4. The normalized spacial score (nSPS) is 12.4. The minimum Gasteiger partial charge on any atom is -0.456 e. The van der Waals surface area contributed by atoms with Crippen LogP contribution in [0.5, 0.6) is 0 Å². The van der Waals surface area contributed by atoms with Crippen molar-refractivity contribution in [2.75, 3.05) is 0 Å². The van der Waals surface area contributed by atoms with Crippen LogP contribution < -0.4 is 0 Å². The van der Waals surface area contributed by atoms with Crippen LogP contribution in [-0.2, 0) is 0 Å². The molecule has 4 heterocycles. The number of rotatable bonds is 3. The summed E-state index contributed by atoms with van der Waals surface area (Å²) in [6, 6.07) is 57.9. The Morgan fingerprint density at radius 1 is 0.455 bits per heavy atom. The molecular weight excluding hydrogens is 675 g/mol. The maximum atomic E-state index is 6.15. The first-order valence-corrected chi connectivity index (χ1v) is 18.5. The van der Waals surface area contributed by atoms with Gasteiger partial charge in [0, 0.05) is 38.4 Å². The monoisotopic (exact) mass is 701 g/mol. The van der Waals surface area contributed by atoms with E-state index in [1.165, 1.54) is 54.8 Å². The summed E-state index contributed by atoms with van der Waals surface area (Å²) in [5.74, 6) is 0.639. The molecule has 6 nitrogen and oxygen atoms in total. The van der Waals surface area contributed by atoms with Crippen molar-refractivity contribution < 1.29 is 4.42 Å². The zero-order valence-corrected chi connectivity index (χ0v) is 29.2. The predicted molar refractivity (Wildman–Crippen MR) is 223 cm³/mol. The molecule has 0 bridgehead atoms. The molecule has 1 aliphatic carbocycles. The SMILES string of the molecule is c1cc(-c2nc3c(-c4ccc5oc6ccccc6c5c4)nc4ccccc4n3n2)cc(-n2c3cccc4c3c3c5c(cccc5ccc32)-c2ccccc2-4)c1. The molecule has 0 aliphatic heterocycles. The summed E-state index contributed by atoms with van der Waals surface area (Å²) in [7, 11) is 0. The van der Waals surface area contributed by atoms with Gasteiger partial charge in [0.1, 0.15) is 16.9 Å². The lowest BCUT2D eigenvalue weighted by molar-refractivity contribution is 0.669. The van der Waals surface area contributed by atoms with Gasteiger partial charge in [-0.3, -0.25) is 0 Å². The quantitative estimate of drug-likeness (QED) is 0.184. The van der Waals surface area contributed by atoms with Crippen molar-refractivity contribution in [1.29, 1.82) is 0 Å². The van der Waals surface area contributed by atoms with Crippen LogP contribution in [0.3, 0.4) is 0 Å². The summed E-state index contributed by atoms with van der Waals surface area (Å²) < 4.78 is 10.5. The number of nitrogens with zero attached hydrogens (tertiary/aromatic N) is 5. The van der Waals surface area contributed by atoms with E-state index in [0.717, 1.165) is 55.5 Å². The highest BCUT2D eigenvalue weighted by Gasteiger charge is 2.25. The second-order valence-electron chi connectivity index (χ2n) is 14.4. The second-order valence-corrected chi connectivity index (χ2v) is 14.4. The lowest BCUT2D eigenvalue weighted by Gasteiger charge is -2.14. The molecule has 0 unspecified atom stereocenters. The Labute approximate surface area is 313 Å². The van der Waals surface area contributed by atoms with E-state index in [4.69, 9.17) is 19.5 Å². The van der Waals surface area contributed by atoms with E-state index in [-0.39, 0.29) is 0 Å². The van der Waals surface area contributed by atoms with Gasteiger partial charge >= 0.3 is 0 Å². The number of fused-ring (bicyclic) bond motifs is 9. The van der Waals surface area contributed by atoms with Crippen molar-refractivity contribution in [1.82, 2.24) is 24.1 Å². The molecule has 0 radical (unpaired) electrons. The van der Waals surface area contributed by atoms with E-state index in [0.29, 0.717) is 11.5 Å². The standard InChI is InChI=1S/C49H27N5O/c1-2-14-33-32(13-1)35-16-8-10-28-22-24-41-46(44(28)35)45-36(33)17-9-20-40(45)53(41)31-12-7-11-30(26-31)48-51-49-47(50-38-18-4-5-19-39(38)54(49)52-48)29-23-25-43-37(27-29)34-15-3-6-21-42(34)55-43/h1-27H. The summed E-state index contributed by atoms with van der Waals surface area (Å²) in [5.41, 5.74) is 15.3. The Balaban J connectivity index is 1.04. The van der Waals surface area contributed by atoms with Gasteiger partial charge < -0.3 is 8.98 Å². The van der Waals surface area contributed by atoms with Crippen molar-refractivity contribution in [3.63, 3.8) is 0 Å². The molecule has 0 N–H and O–H groups in total. The largest absolute Gasteiger partial charge is 0.456 e. The first-order chi connectivity index (χ1) is 27.3. The van der Waals surface area contributed by atoms with Crippen molar-refractivity contribution in [3.8, 4) is 50.6 Å². The summed E-state index contributed by atoms with van der Waals surface area (Å²) >= 11 is 0. The zero-order valence-electron chi connectivity index (χ0n) is 29.2. The Hall–Kier alpha value is -7.57. The minimum absolute atomic E-state index is 0.639. The van der Waals surface area contributed by atoms with E-state index >= 15 is 0 Å². The lowest BCUT2D eigenvalue weighted by atomic mass is 9.93. The minimum atomic E-state index is 0.639. The summed E-state index contributed by atoms with van der Waals surface area (Å²) in [6.07, 6.45) is 0. The van der Waals surface area contributed by atoms with Gasteiger partial charge in [0.25, 0.3) is 0 Å². The third kappa shape index (κ3) is 3.89. The van der Waals surface area contributed by atoms with Crippen molar-refractivity contribution in [3.05, 3.63) is 164 Å². The number of furan rings is 1. The van der Waals surface area contributed by atoms with Crippen molar-refractivity contribution in [2.45, 2.75) is 0 Å². The van der Waals surface area contributed by atoms with Crippen LogP contribution in [0.25, 0.3) is 122 Å². The smallest absolute Gasteiger partial charge is 0.182 e. The summed E-state index contributed by atoms with van der Waals surface area (Å²) in [6.45, 7) is 0. The van der Waals surface area contributed by atoms with Gasteiger partial charge in [0.05, 0.1) is 22.1 Å². The van der Waals surface area contributed by atoms with Gasteiger partial charge in [0.2, 0.25) is 0 Å². The Kier molecular flexibility index (Phi) is 5.54. The molecule has 254 valence electrons. The van der Waals surface area contributed by atoms with Crippen LogP contribution in [0.4, 0.5) is 0 Å². The molecular formula is C49H27N5O. The molecule has 0 amide bonds. The Morgan fingerprint density at radius 3 is 2.11 bits per heavy atom. The molecule has 1 aliphatic rings. The van der Waals surface area contributed by atoms with Gasteiger partial charge in [-0.05, 0) is 93.7 Å². The fraction of sp³-hybridized carbons (Fsp3) is 0. The molecule has 0 spiro atoms. The molecule has 55 heavy (non-hydrogen) atoms. The average Bonchev–Trinajstić information content (AvgIpc) is 3.93. The highest BCUT2D eigenvalue weighted by Crippen LogP contribution is 2.49. The third-order valence-electron chi connectivity index (χ3n) is 11.5. The first kappa shape index (κ1) is 28.9. The van der Waals surface area contributed by atoms with Crippen LogP contribution in [0.2, 0.25) is 0 Å². The topological polar surface area (TPSA) is 61.1 Å². The van der Waals surface area contributed by atoms with Gasteiger partial charge in [0.15, 0.2) is 11.5 Å². The molecule has 13 rings (SSSR count).